The Kier molecular flexibility index (Phi) is 5.99. The van der Waals surface area contributed by atoms with Crippen LogP contribution in [0.1, 0.15) is 30.1 Å². The molecule has 20 heavy (non-hydrogen) atoms. The average Bonchev–Trinajstić information content (AvgIpc) is 2.48. The molecule has 0 fully saturated rings. The zero-order chi connectivity index (χ0) is 14.2. The van der Waals surface area contributed by atoms with E-state index in [0.29, 0.717) is 11.7 Å². The van der Waals surface area contributed by atoms with Crippen molar-refractivity contribution in [2.75, 3.05) is 6.61 Å². The molecule has 0 saturated heterocycles. The minimum atomic E-state index is 0.209. The molecule has 1 heterocycles. The molecule has 0 aliphatic heterocycles. The molecule has 1 aromatic heterocycles. The number of pyridine rings is 1. The van der Waals surface area contributed by atoms with E-state index in [2.05, 4.69) is 22.4 Å². The number of aliphatic hydroxyl groups is 1. The summed E-state index contributed by atoms with van der Waals surface area (Å²) in [5, 5.41) is 13.0. The van der Waals surface area contributed by atoms with E-state index < -0.39 is 0 Å². The van der Waals surface area contributed by atoms with Gasteiger partial charge in [-0.1, -0.05) is 48.0 Å². The van der Waals surface area contributed by atoms with Crippen molar-refractivity contribution in [1.29, 1.82) is 0 Å². The SMILES string of the molecule is OCCCC(NCc1cccc(Cl)n1)c1ccccc1. The van der Waals surface area contributed by atoms with Crippen molar-refractivity contribution >= 4 is 11.6 Å². The quantitative estimate of drug-likeness (QED) is 0.769. The molecule has 1 atom stereocenters. The van der Waals surface area contributed by atoms with E-state index in [1.54, 1.807) is 6.07 Å². The molecule has 3 nitrogen and oxygen atoms in total. The first kappa shape index (κ1) is 15.0. The zero-order valence-electron chi connectivity index (χ0n) is 11.3. The summed E-state index contributed by atoms with van der Waals surface area (Å²) in [4.78, 5) is 4.27. The second-order valence-corrected chi connectivity index (χ2v) is 5.05. The molecule has 1 aromatic carbocycles. The van der Waals surface area contributed by atoms with Crippen LogP contribution in [0.4, 0.5) is 0 Å². The molecule has 0 aliphatic rings. The van der Waals surface area contributed by atoms with E-state index in [0.717, 1.165) is 18.5 Å². The van der Waals surface area contributed by atoms with E-state index in [1.807, 2.05) is 30.3 Å². The maximum atomic E-state index is 9.03. The van der Waals surface area contributed by atoms with Crippen LogP contribution in [-0.2, 0) is 6.54 Å². The number of nitrogens with one attached hydrogen (secondary N) is 1. The van der Waals surface area contributed by atoms with Gasteiger partial charge in [-0.05, 0) is 30.5 Å². The van der Waals surface area contributed by atoms with Crippen molar-refractivity contribution in [1.82, 2.24) is 10.3 Å². The average molecular weight is 291 g/mol. The second-order valence-electron chi connectivity index (χ2n) is 4.66. The molecule has 4 heteroatoms. The highest BCUT2D eigenvalue weighted by Crippen LogP contribution is 2.18. The molecular formula is C16H19ClN2O. The Labute approximate surface area is 124 Å². The summed E-state index contributed by atoms with van der Waals surface area (Å²) in [6.07, 6.45) is 1.66. The predicted molar refractivity (Wildman–Crippen MR) is 81.6 cm³/mol. The number of nitrogens with zero attached hydrogens (tertiary/aromatic N) is 1. The topological polar surface area (TPSA) is 45.1 Å². The highest BCUT2D eigenvalue weighted by atomic mass is 35.5. The minimum Gasteiger partial charge on any atom is -0.396 e. The van der Waals surface area contributed by atoms with Crippen LogP contribution in [0.2, 0.25) is 5.15 Å². The van der Waals surface area contributed by atoms with Gasteiger partial charge >= 0.3 is 0 Å². The summed E-state index contributed by atoms with van der Waals surface area (Å²) < 4.78 is 0. The van der Waals surface area contributed by atoms with Gasteiger partial charge in [0.05, 0.1) is 5.69 Å². The third-order valence-corrected chi connectivity index (χ3v) is 3.37. The van der Waals surface area contributed by atoms with Crippen LogP contribution in [0.3, 0.4) is 0 Å². The van der Waals surface area contributed by atoms with Crippen LogP contribution in [-0.4, -0.2) is 16.7 Å². The van der Waals surface area contributed by atoms with Crippen molar-refractivity contribution in [3.8, 4) is 0 Å². The van der Waals surface area contributed by atoms with Gasteiger partial charge in [0, 0.05) is 19.2 Å². The Bertz CT molecular complexity index is 519. The first-order chi connectivity index (χ1) is 9.79. The van der Waals surface area contributed by atoms with Crippen molar-refractivity contribution < 1.29 is 5.11 Å². The number of aromatic nitrogens is 1. The number of halogens is 1. The molecule has 0 bridgehead atoms. The van der Waals surface area contributed by atoms with Crippen LogP contribution in [0, 0.1) is 0 Å². The molecule has 0 saturated carbocycles. The van der Waals surface area contributed by atoms with Gasteiger partial charge in [-0.3, -0.25) is 0 Å². The monoisotopic (exact) mass is 290 g/mol. The summed E-state index contributed by atoms with van der Waals surface area (Å²) >= 11 is 5.89. The van der Waals surface area contributed by atoms with Crippen molar-refractivity contribution in [3.63, 3.8) is 0 Å². The van der Waals surface area contributed by atoms with E-state index >= 15 is 0 Å². The normalized spacial score (nSPS) is 12.3. The number of hydrogen-bond donors (Lipinski definition) is 2. The molecule has 2 N–H and O–H groups in total. The molecule has 1 unspecified atom stereocenters. The first-order valence-electron chi connectivity index (χ1n) is 6.80. The number of aliphatic hydroxyl groups excluding tert-OH is 1. The number of rotatable bonds is 7. The highest BCUT2D eigenvalue weighted by molar-refractivity contribution is 6.29. The third-order valence-electron chi connectivity index (χ3n) is 3.16. The van der Waals surface area contributed by atoms with Crippen LogP contribution in [0.15, 0.2) is 48.5 Å². The van der Waals surface area contributed by atoms with Crippen molar-refractivity contribution in [3.05, 3.63) is 64.9 Å². The Balaban J connectivity index is 2.01. The number of benzene rings is 1. The second kappa shape index (κ2) is 8.00. The van der Waals surface area contributed by atoms with Crippen molar-refractivity contribution in [2.24, 2.45) is 0 Å². The maximum Gasteiger partial charge on any atom is 0.129 e. The van der Waals surface area contributed by atoms with Gasteiger partial charge in [-0.25, -0.2) is 4.98 Å². The Morgan fingerprint density at radius 3 is 2.60 bits per heavy atom. The van der Waals surface area contributed by atoms with Crippen LogP contribution in [0.25, 0.3) is 0 Å². The molecule has 106 valence electrons. The maximum absolute atomic E-state index is 9.03. The van der Waals surface area contributed by atoms with Crippen LogP contribution >= 0.6 is 11.6 Å². The minimum absolute atomic E-state index is 0.209. The molecule has 0 aliphatic carbocycles. The summed E-state index contributed by atoms with van der Waals surface area (Å²) in [5.74, 6) is 0. The highest BCUT2D eigenvalue weighted by Gasteiger charge is 2.10. The lowest BCUT2D eigenvalue weighted by Gasteiger charge is -2.18. The Morgan fingerprint density at radius 1 is 1.10 bits per heavy atom. The molecule has 0 amide bonds. The molecule has 0 radical (unpaired) electrons. The van der Waals surface area contributed by atoms with Crippen LogP contribution in [0.5, 0.6) is 0 Å². The van der Waals surface area contributed by atoms with Gasteiger partial charge in [0.2, 0.25) is 0 Å². The molecular weight excluding hydrogens is 272 g/mol. The van der Waals surface area contributed by atoms with E-state index in [1.165, 1.54) is 5.56 Å². The summed E-state index contributed by atoms with van der Waals surface area (Å²) in [6.45, 7) is 0.867. The van der Waals surface area contributed by atoms with Gasteiger partial charge in [0.1, 0.15) is 5.15 Å². The van der Waals surface area contributed by atoms with E-state index in [9.17, 15) is 0 Å². The fourth-order valence-electron chi connectivity index (χ4n) is 2.14. The Morgan fingerprint density at radius 2 is 1.90 bits per heavy atom. The molecule has 0 spiro atoms. The van der Waals surface area contributed by atoms with E-state index in [4.69, 9.17) is 16.7 Å². The largest absolute Gasteiger partial charge is 0.396 e. The third kappa shape index (κ3) is 4.60. The smallest absolute Gasteiger partial charge is 0.129 e. The lowest BCUT2D eigenvalue weighted by atomic mass is 10.0. The van der Waals surface area contributed by atoms with Gasteiger partial charge in [-0.15, -0.1) is 0 Å². The van der Waals surface area contributed by atoms with Gasteiger partial charge in [-0.2, -0.15) is 0 Å². The zero-order valence-corrected chi connectivity index (χ0v) is 12.1. The lowest BCUT2D eigenvalue weighted by molar-refractivity contribution is 0.274. The molecule has 2 aromatic rings. The standard InChI is InChI=1S/C16H19ClN2O/c17-16-10-4-8-14(19-16)12-18-15(9-5-11-20)13-6-2-1-3-7-13/h1-4,6-8,10,15,18,20H,5,9,11-12H2. The predicted octanol–water partition coefficient (Wildman–Crippen LogP) is 3.34. The summed E-state index contributed by atoms with van der Waals surface area (Å²) in [7, 11) is 0. The Hall–Kier alpha value is -1.42. The first-order valence-corrected chi connectivity index (χ1v) is 7.18. The lowest BCUT2D eigenvalue weighted by Crippen LogP contribution is -2.21. The summed E-state index contributed by atoms with van der Waals surface area (Å²) in [5.41, 5.74) is 2.14. The fourth-order valence-corrected chi connectivity index (χ4v) is 2.33. The van der Waals surface area contributed by atoms with Crippen LogP contribution < -0.4 is 5.32 Å². The van der Waals surface area contributed by atoms with Crippen molar-refractivity contribution in [2.45, 2.75) is 25.4 Å². The summed E-state index contributed by atoms with van der Waals surface area (Å²) in [6, 6.07) is 16.1. The van der Waals surface area contributed by atoms with Gasteiger partial charge < -0.3 is 10.4 Å². The fraction of sp³-hybridized carbons (Fsp3) is 0.312. The molecule has 2 rings (SSSR count). The van der Waals surface area contributed by atoms with Gasteiger partial charge in [0.25, 0.3) is 0 Å². The van der Waals surface area contributed by atoms with E-state index in [-0.39, 0.29) is 12.6 Å². The van der Waals surface area contributed by atoms with Gasteiger partial charge in [0.15, 0.2) is 0 Å². The number of hydrogen-bond acceptors (Lipinski definition) is 3.